The molecular weight excluding hydrogens is 316 g/mol. The fraction of sp³-hybridized carbons (Fsp3) is 0.688. The Morgan fingerprint density at radius 2 is 1.92 bits per heavy atom. The van der Waals surface area contributed by atoms with Crippen LogP contribution in [0.5, 0.6) is 0 Å². The van der Waals surface area contributed by atoms with E-state index in [1.165, 1.54) is 15.9 Å². The molecule has 1 fully saturated rings. The molecule has 0 radical (unpaired) electrons. The Bertz CT molecular complexity index is 497. The van der Waals surface area contributed by atoms with Gasteiger partial charge >= 0.3 is 18.2 Å². The second-order valence-electron chi connectivity index (χ2n) is 6.45. The van der Waals surface area contributed by atoms with Crippen LogP contribution < -0.4 is 0 Å². The average molecular weight is 342 g/mol. The van der Waals surface area contributed by atoms with Crippen LogP contribution in [0.1, 0.15) is 34.1 Å². The molecule has 0 aliphatic carbocycles. The molecule has 1 heterocycles. The summed E-state index contributed by atoms with van der Waals surface area (Å²) >= 11 is 0. The number of hydrogen-bond acceptors (Lipinski definition) is 5. The van der Waals surface area contributed by atoms with E-state index in [0.29, 0.717) is 6.42 Å². The molecule has 1 aliphatic rings. The largest absolute Gasteiger partial charge is 0.465 e. The molecule has 1 atom stereocenters. The number of amides is 2. The second kappa shape index (κ2) is 8.56. The quantitative estimate of drug-likeness (QED) is 0.621. The molecule has 1 N–H and O–H groups in total. The van der Waals surface area contributed by atoms with Gasteiger partial charge in [0.15, 0.2) is 0 Å². The van der Waals surface area contributed by atoms with Crippen LogP contribution in [-0.2, 0) is 14.3 Å². The van der Waals surface area contributed by atoms with Gasteiger partial charge < -0.3 is 24.4 Å². The Labute approximate surface area is 142 Å². The maximum absolute atomic E-state index is 12.3. The van der Waals surface area contributed by atoms with Crippen molar-refractivity contribution in [1.82, 2.24) is 9.80 Å². The number of rotatable bonds is 4. The highest BCUT2D eigenvalue weighted by atomic mass is 16.6. The summed E-state index contributed by atoms with van der Waals surface area (Å²) in [4.78, 5) is 37.6. The molecule has 24 heavy (non-hydrogen) atoms. The first-order valence-corrected chi connectivity index (χ1v) is 7.94. The number of carbonyl (C=O) groups excluding carboxylic acids is 2. The van der Waals surface area contributed by atoms with Crippen LogP contribution in [-0.4, -0.2) is 70.9 Å². The first-order chi connectivity index (χ1) is 11.1. The summed E-state index contributed by atoms with van der Waals surface area (Å²) < 4.78 is 10.2. The predicted octanol–water partition coefficient (Wildman–Crippen LogP) is 2.10. The lowest BCUT2D eigenvalue weighted by Gasteiger charge is -2.40. The van der Waals surface area contributed by atoms with Gasteiger partial charge in [-0.2, -0.15) is 0 Å². The molecule has 8 heteroatoms. The standard InChI is InChI=1S/C16H26N2O6/c1-5-23-13(19)8-6-7-12-11-17(14(20)21)9-10-18(12)15(22)24-16(2,3)4/h6,8,12H,5,7,9-11H2,1-4H3,(H,20,21). The monoisotopic (exact) mass is 342 g/mol. The van der Waals surface area contributed by atoms with E-state index in [1.54, 1.807) is 33.8 Å². The van der Waals surface area contributed by atoms with E-state index in [9.17, 15) is 14.4 Å². The summed E-state index contributed by atoms with van der Waals surface area (Å²) in [6, 6.07) is -0.393. The lowest BCUT2D eigenvalue weighted by Crippen LogP contribution is -2.57. The Morgan fingerprint density at radius 3 is 2.46 bits per heavy atom. The van der Waals surface area contributed by atoms with Gasteiger partial charge in [0, 0.05) is 25.7 Å². The molecule has 0 saturated carbocycles. The maximum Gasteiger partial charge on any atom is 0.410 e. The van der Waals surface area contributed by atoms with E-state index < -0.39 is 29.8 Å². The van der Waals surface area contributed by atoms with E-state index in [4.69, 9.17) is 14.6 Å². The van der Waals surface area contributed by atoms with Crippen molar-refractivity contribution in [1.29, 1.82) is 0 Å². The van der Waals surface area contributed by atoms with Crippen molar-refractivity contribution < 1.29 is 29.0 Å². The number of piperazine rings is 1. The third-order valence-electron chi connectivity index (χ3n) is 3.33. The molecule has 0 aromatic heterocycles. The van der Waals surface area contributed by atoms with Crippen molar-refractivity contribution in [2.45, 2.75) is 45.8 Å². The van der Waals surface area contributed by atoms with Gasteiger partial charge in [-0.05, 0) is 34.1 Å². The summed E-state index contributed by atoms with van der Waals surface area (Å²) in [5, 5.41) is 9.15. The van der Waals surface area contributed by atoms with Crippen LogP contribution in [0.4, 0.5) is 9.59 Å². The Balaban J connectivity index is 2.78. The van der Waals surface area contributed by atoms with Gasteiger partial charge in [-0.3, -0.25) is 0 Å². The molecule has 2 amide bonds. The lowest BCUT2D eigenvalue weighted by atomic mass is 10.1. The topological polar surface area (TPSA) is 96.4 Å². The van der Waals surface area contributed by atoms with Crippen LogP contribution in [0.25, 0.3) is 0 Å². The Kier molecular flexibility index (Phi) is 7.06. The van der Waals surface area contributed by atoms with Crippen molar-refractivity contribution in [3.63, 3.8) is 0 Å². The first-order valence-electron chi connectivity index (χ1n) is 7.94. The molecular formula is C16H26N2O6. The predicted molar refractivity (Wildman–Crippen MR) is 86.7 cm³/mol. The minimum atomic E-state index is -1.03. The van der Waals surface area contributed by atoms with Crippen LogP contribution in [0.2, 0.25) is 0 Å². The van der Waals surface area contributed by atoms with Crippen molar-refractivity contribution >= 4 is 18.2 Å². The number of carbonyl (C=O) groups is 3. The molecule has 0 aromatic rings. The molecule has 1 rings (SSSR count). The fourth-order valence-electron chi connectivity index (χ4n) is 2.30. The molecule has 0 spiro atoms. The van der Waals surface area contributed by atoms with E-state index in [-0.39, 0.29) is 26.2 Å². The third kappa shape index (κ3) is 6.47. The van der Waals surface area contributed by atoms with Gasteiger partial charge in [0.2, 0.25) is 0 Å². The zero-order valence-electron chi connectivity index (χ0n) is 14.7. The molecule has 0 aromatic carbocycles. The Hall–Kier alpha value is -2.25. The Morgan fingerprint density at radius 1 is 1.25 bits per heavy atom. The summed E-state index contributed by atoms with van der Waals surface area (Å²) in [7, 11) is 0. The highest BCUT2D eigenvalue weighted by molar-refractivity contribution is 5.81. The number of ether oxygens (including phenoxy) is 2. The molecule has 136 valence electrons. The highest BCUT2D eigenvalue weighted by Crippen LogP contribution is 2.18. The van der Waals surface area contributed by atoms with Gasteiger partial charge in [0.1, 0.15) is 5.60 Å². The maximum atomic E-state index is 12.3. The summed E-state index contributed by atoms with van der Waals surface area (Å²) in [6.07, 6.45) is 1.70. The number of hydrogen-bond donors (Lipinski definition) is 1. The normalized spacial score (nSPS) is 18.6. The summed E-state index contributed by atoms with van der Waals surface area (Å²) in [6.45, 7) is 7.95. The van der Waals surface area contributed by atoms with Gasteiger partial charge in [-0.25, -0.2) is 14.4 Å². The highest BCUT2D eigenvalue weighted by Gasteiger charge is 2.34. The third-order valence-corrected chi connectivity index (χ3v) is 3.33. The van der Waals surface area contributed by atoms with Crippen LogP contribution >= 0.6 is 0 Å². The SMILES string of the molecule is CCOC(=O)C=CCC1CN(C(=O)O)CCN1C(=O)OC(C)(C)C. The van der Waals surface area contributed by atoms with Crippen LogP contribution in [0.3, 0.4) is 0 Å². The van der Waals surface area contributed by atoms with Crippen LogP contribution in [0, 0.1) is 0 Å². The van der Waals surface area contributed by atoms with Gasteiger partial charge in [-0.1, -0.05) is 6.08 Å². The van der Waals surface area contributed by atoms with Gasteiger partial charge in [0.25, 0.3) is 0 Å². The van der Waals surface area contributed by atoms with Gasteiger partial charge in [0.05, 0.1) is 12.6 Å². The van der Waals surface area contributed by atoms with E-state index in [1.807, 2.05) is 0 Å². The zero-order valence-corrected chi connectivity index (χ0v) is 14.7. The van der Waals surface area contributed by atoms with E-state index >= 15 is 0 Å². The summed E-state index contributed by atoms with van der Waals surface area (Å²) in [5.74, 6) is -0.466. The van der Waals surface area contributed by atoms with E-state index in [2.05, 4.69) is 0 Å². The average Bonchev–Trinajstić information content (AvgIpc) is 2.45. The minimum absolute atomic E-state index is 0.168. The van der Waals surface area contributed by atoms with Crippen LogP contribution in [0.15, 0.2) is 12.2 Å². The minimum Gasteiger partial charge on any atom is -0.465 e. The molecule has 1 unspecified atom stereocenters. The van der Waals surface area contributed by atoms with Crippen molar-refractivity contribution in [2.75, 3.05) is 26.2 Å². The molecule has 1 saturated heterocycles. The smallest absolute Gasteiger partial charge is 0.410 e. The lowest BCUT2D eigenvalue weighted by molar-refractivity contribution is -0.137. The molecule has 0 bridgehead atoms. The molecule has 1 aliphatic heterocycles. The van der Waals surface area contributed by atoms with E-state index in [0.717, 1.165) is 0 Å². The van der Waals surface area contributed by atoms with Crippen molar-refractivity contribution in [2.24, 2.45) is 0 Å². The van der Waals surface area contributed by atoms with Crippen molar-refractivity contribution in [3.8, 4) is 0 Å². The van der Waals surface area contributed by atoms with Gasteiger partial charge in [-0.15, -0.1) is 0 Å². The zero-order chi connectivity index (χ0) is 18.3. The number of nitrogens with zero attached hydrogens (tertiary/aromatic N) is 2. The van der Waals surface area contributed by atoms with Crippen molar-refractivity contribution in [3.05, 3.63) is 12.2 Å². The first kappa shape index (κ1) is 19.8. The number of esters is 1. The summed E-state index contributed by atoms with van der Waals surface area (Å²) in [5.41, 5.74) is -0.633. The second-order valence-corrected chi connectivity index (χ2v) is 6.45. The molecule has 8 nitrogen and oxygen atoms in total. The fourth-order valence-corrected chi connectivity index (χ4v) is 2.30. The number of carboxylic acid groups (broad SMARTS) is 1.